The minimum atomic E-state index is -1.60. The molecule has 1 heterocycles. The van der Waals surface area contributed by atoms with Crippen LogP contribution in [0.5, 0.6) is 5.75 Å². The lowest BCUT2D eigenvalue weighted by molar-refractivity contribution is -0.148. The maximum absolute atomic E-state index is 12.7. The highest BCUT2D eigenvalue weighted by Gasteiger charge is 2.24. The van der Waals surface area contributed by atoms with Crippen molar-refractivity contribution >= 4 is 17.5 Å². The minimum Gasteiger partial charge on any atom is -0.490 e. The molecule has 0 aliphatic carbocycles. The summed E-state index contributed by atoms with van der Waals surface area (Å²) in [5.74, 6) is -2.83. The fourth-order valence-electron chi connectivity index (χ4n) is 3.44. The number of carbonyl (C=O) groups excluding carboxylic acids is 2. The van der Waals surface area contributed by atoms with Crippen LogP contribution < -0.4 is 4.74 Å². The molecule has 0 bridgehead atoms. The van der Waals surface area contributed by atoms with Crippen molar-refractivity contribution in [2.24, 2.45) is 0 Å². The molecular formula is C23H25NO5. The summed E-state index contributed by atoms with van der Waals surface area (Å²) in [6, 6.07) is 15.2. The summed E-state index contributed by atoms with van der Waals surface area (Å²) in [6.45, 7) is 1.83. The van der Waals surface area contributed by atoms with E-state index in [-0.39, 0.29) is 11.7 Å². The summed E-state index contributed by atoms with van der Waals surface area (Å²) in [5, 5.41) is 8.84. The van der Waals surface area contributed by atoms with E-state index in [0.717, 1.165) is 37.1 Å². The average molecular weight is 395 g/mol. The van der Waals surface area contributed by atoms with Crippen LogP contribution in [-0.4, -0.2) is 53.8 Å². The van der Waals surface area contributed by atoms with Gasteiger partial charge in [-0.1, -0.05) is 36.4 Å². The van der Waals surface area contributed by atoms with Crippen molar-refractivity contribution < 1.29 is 24.2 Å². The van der Waals surface area contributed by atoms with E-state index in [9.17, 15) is 14.4 Å². The molecule has 29 heavy (non-hydrogen) atoms. The van der Waals surface area contributed by atoms with Crippen molar-refractivity contribution in [2.75, 3.05) is 20.1 Å². The first kappa shape index (κ1) is 20.7. The van der Waals surface area contributed by atoms with Crippen LogP contribution in [0.3, 0.4) is 0 Å². The molecule has 0 amide bonds. The lowest BCUT2D eigenvalue weighted by Gasteiger charge is -2.30. The predicted octanol–water partition coefficient (Wildman–Crippen LogP) is 2.98. The molecule has 1 fully saturated rings. The molecule has 0 unspecified atom stereocenters. The fourth-order valence-corrected chi connectivity index (χ4v) is 3.44. The van der Waals surface area contributed by atoms with Gasteiger partial charge in [-0.25, -0.2) is 4.79 Å². The molecule has 1 aliphatic heterocycles. The Labute approximate surface area is 170 Å². The second kappa shape index (κ2) is 9.47. The smallest absolute Gasteiger partial charge is 0.372 e. The van der Waals surface area contributed by atoms with Crippen molar-refractivity contribution in [3.8, 4) is 5.75 Å². The van der Waals surface area contributed by atoms with Crippen LogP contribution in [0.4, 0.5) is 0 Å². The van der Waals surface area contributed by atoms with Crippen molar-refractivity contribution in [3.63, 3.8) is 0 Å². The van der Waals surface area contributed by atoms with Crippen LogP contribution in [0.15, 0.2) is 48.5 Å². The Morgan fingerprint density at radius 1 is 1.03 bits per heavy atom. The maximum Gasteiger partial charge on any atom is 0.372 e. The molecule has 0 spiro atoms. The molecule has 152 valence electrons. The monoisotopic (exact) mass is 395 g/mol. The van der Waals surface area contributed by atoms with Gasteiger partial charge in [0.15, 0.2) is 5.78 Å². The zero-order valence-electron chi connectivity index (χ0n) is 16.5. The number of likely N-dealkylation sites (tertiary alicyclic amines) is 1. The topological polar surface area (TPSA) is 83.9 Å². The van der Waals surface area contributed by atoms with E-state index in [0.29, 0.717) is 12.2 Å². The van der Waals surface area contributed by atoms with Crippen LogP contribution in [0.25, 0.3) is 0 Å². The van der Waals surface area contributed by atoms with Crippen LogP contribution in [0.1, 0.15) is 40.7 Å². The largest absolute Gasteiger partial charge is 0.490 e. The Morgan fingerprint density at radius 2 is 1.72 bits per heavy atom. The number of rotatable bonds is 8. The standard InChI is InChI=1S/C23H25NO5/c1-24-11-9-18(10-12-24)29-22-8-7-17(13-16-5-3-2-4-6-16)14-19(22)20(25)15-21(26)23(27)28/h2-8,14,18H,9-13,15H2,1H3,(H,27,28). The Morgan fingerprint density at radius 3 is 2.38 bits per heavy atom. The highest BCUT2D eigenvalue weighted by Crippen LogP contribution is 2.27. The highest BCUT2D eigenvalue weighted by atomic mass is 16.5. The first-order valence-corrected chi connectivity index (χ1v) is 9.73. The molecule has 2 aromatic rings. The van der Waals surface area contributed by atoms with E-state index in [1.54, 1.807) is 12.1 Å². The number of carboxylic acids is 1. The van der Waals surface area contributed by atoms with Crippen molar-refractivity contribution in [2.45, 2.75) is 31.8 Å². The molecular weight excluding hydrogens is 370 g/mol. The van der Waals surface area contributed by atoms with Gasteiger partial charge in [0.1, 0.15) is 11.9 Å². The summed E-state index contributed by atoms with van der Waals surface area (Å²) in [6.07, 6.45) is 1.65. The van der Waals surface area contributed by atoms with Gasteiger partial charge >= 0.3 is 5.97 Å². The number of ketones is 2. The van der Waals surface area contributed by atoms with Gasteiger partial charge in [0.2, 0.25) is 5.78 Å². The molecule has 0 radical (unpaired) electrons. The van der Waals surface area contributed by atoms with Gasteiger partial charge in [-0.15, -0.1) is 0 Å². The zero-order chi connectivity index (χ0) is 20.8. The third-order valence-corrected chi connectivity index (χ3v) is 5.11. The van der Waals surface area contributed by atoms with E-state index < -0.39 is 24.0 Å². The lowest BCUT2D eigenvalue weighted by Crippen LogP contribution is -2.35. The summed E-state index contributed by atoms with van der Waals surface area (Å²) >= 11 is 0. The third kappa shape index (κ3) is 5.74. The molecule has 1 saturated heterocycles. The number of hydrogen-bond donors (Lipinski definition) is 1. The number of carbonyl (C=O) groups is 3. The molecule has 0 aromatic heterocycles. The van der Waals surface area contributed by atoms with Crippen molar-refractivity contribution in [1.82, 2.24) is 4.90 Å². The normalized spacial score (nSPS) is 15.1. The molecule has 6 heteroatoms. The average Bonchev–Trinajstić information content (AvgIpc) is 2.71. The fraction of sp³-hybridized carbons (Fsp3) is 0.348. The van der Waals surface area contributed by atoms with E-state index in [4.69, 9.17) is 9.84 Å². The van der Waals surface area contributed by atoms with Gasteiger partial charge < -0.3 is 14.7 Å². The number of Topliss-reactive ketones (excluding diaryl/α,β-unsaturated/α-hetero) is 2. The van der Waals surface area contributed by atoms with Crippen molar-refractivity contribution in [1.29, 1.82) is 0 Å². The number of benzene rings is 2. The number of carboxylic acid groups (broad SMARTS) is 1. The Bertz CT molecular complexity index is 885. The molecule has 6 nitrogen and oxygen atoms in total. The molecule has 0 saturated carbocycles. The number of piperidine rings is 1. The van der Waals surface area contributed by atoms with Crippen LogP contribution in [0.2, 0.25) is 0 Å². The summed E-state index contributed by atoms with van der Waals surface area (Å²) in [5.41, 5.74) is 2.27. The third-order valence-electron chi connectivity index (χ3n) is 5.11. The SMILES string of the molecule is CN1CCC(Oc2ccc(Cc3ccccc3)cc2C(=O)CC(=O)C(=O)O)CC1. The maximum atomic E-state index is 12.7. The van der Waals surface area contributed by atoms with E-state index >= 15 is 0 Å². The Kier molecular flexibility index (Phi) is 6.77. The first-order chi connectivity index (χ1) is 13.9. The number of aliphatic carboxylic acids is 1. The van der Waals surface area contributed by atoms with Gasteiger partial charge in [-0.2, -0.15) is 0 Å². The first-order valence-electron chi connectivity index (χ1n) is 9.73. The van der Waals surface area contributed by atoms with Gasteiger partial charge in [0.05, 0.1) is 12.0 Å². The van der Waals surface area contributed by atoms with Crippen molar-refractivity contribution in [3.05, 3.63) is 65.2 Å². The predicted molar refractivity (Wildman–Crippen MR) is 108 cm³/mol. The summed E-state index contributed by atoms with van der Waals surface area (Å²) in [7, 11) is 2.06. The minimum absolute atomic E-state index is 0.00658. The Balaban J connectivity index is 1.84. The molecule has 3 rings (SSSR count). The van der Waals surface area contributed by atoms with Gasteiger partial charge in [-0.3, -0.25) is 9.59 Å². The van der Waals surface area contributed by atoms with Gasteiger partial charge in [0.25, 0.3) is 0 Å². The van der Waals surface area contributed by atoms with E-state index in [1.165, 1.54) is 0 Å². The summed E-state index contributed by atoms with van der Waals surface area (Å²) in [4.78, 5) is 37.4. The number of nitrogens with zero attached hydrogens (tertiary/aromatic N) is 1. The number of hydrogen-bond acceptors (Lipinski definition) is 5. The highest BCUT2D eigenvalue weighted by molar-refractivity contribution is 6.37. The Hall–Kier alpha value is -2.99. The summed E-state index contributed by atoms with van der Waals surface area (Å²) < 4.78 is 6.10. The number of ether oxygens (including phenoxy) is 1. The second-order valence-corrected chi connectivity index (χ2v) is 7.44. The van der Waals surface area contributed by atoms with E-state index in [2.05, 4.69) is 11.9 Å². The molecule has 2 aromatic carbocycles. The molecule has 0 atom stereocenters. The second-order valence-electron chi connectivity index (χ2n) is 7.44. The van der Waals surface area contributed by atoms with Gasteiger partial charge in [-0.05, 0) is 49.6 Å². The van der Waals surface area contributed by atoms with Crippen LogP contribution in [-0.2, 0) is 16.0 Å². The molecule has 1 aliphatic rings. The quantitative estimate of drug-likeness (QED) is 0.420. The lowest BCUT2D eigenvalue weighted by atomic mass is 9.98. The van der Waals surface area contributed by atoms with Crippen LogP contribution >= 0.6 is 0 Å². The van der Waals surface area contributed by atoms with Crippen LogP contribution in [0, 0.1) is 0 Å². The van der Waals surface area contributed by atoms with E-state index in [1.807, 2.05) is 36.4 Å². The van der Waals surface area contributed by atoms with Gasteiger partial charge in [0, 0.05) is 13.1 Å². The zero-order valence-corrected chi connectivity index (χ0v) is 16.5. The molecule has 1 N–H and O–H groups in total.